The minimum atomic E-state index is -1.53. The van der Waals surface area contributed by atoms with Gasteiger partial charge in [0, 0.05) is 22.7 Å². The molecule has 7 rings (SSSR count). The lowest BCUT2D eigenvalue weighted by atomic mass is 9.37. The molecule has 6 heteroatoms. The molecule has 0 amide bonds. The summed E-state index contributed by atoms with van der Waals surface area (Å²) in [7, 11) is 0. The molecule has 3 aliphatic heterocycles. The van der Waals surface area contributed by atoms with E-state index in [0.29, 0.717) is 12.2 Å². The SMILES string of the molecule is C=C1C(=O)[C@@]23[C@@H]4OC(C)(C)OC25OC[C@]2(C=CC(=O)C(C)(C)[C@H]2[C@@H]5O)[C@@H]3CC[C@@H]14. The number of ether oxygens (including phenoxy) is 3. The molecule has 4 aliphatic carbocycles. The van der Waals surface area contributed by atoms with E-state index in [1.165, 1.54) is 0 Å². The maximum atomic E-state index is 13.9. The summed E-state index contributed by atoms with van der Waals surface area (Å²) in [5.41, 5.74) is -1.97. The predicted octanol–water partition coefficient (Wildman–Crippen LogP) is 2.16. The number of ketones is 2. The van der Waals surface area contributed by atoms with E-state index in [1.807, 2.05) is 19.9 Å². The average Bonchev–Trinajstić information content (AvgIpc) is 2.75. The van der Waals surface area contributed by atoms with E-state index in [4.69, 9.17) is 14.2 Å². The van der Waals surface area contributed by atoms with Gasteiger partial charge in [-0.25, -0.2) is 0 Å². The second kappa shape index (κ2) is 4.77. The van der Waals surface area contributed by atoms with Crippen molar-refractivity contribution in [3.63, 3.8) is 0 Å². The van der Waals surface area contributed by atoms with Crippen molar-refractivity contribution >= 4 is 11.6 Å². The molecule has 7 aliphatic rings. The number of Topliss-reactive ketones (excluding diaryl/α,β-unsaturated/α-hetero) is 1. The Morgan fingerprint density at radius 3 is 2.62 bits per heavy atom. The van der Waals surface area contributed by atoms with Crippen LogP contribution in [-0.2, 0) is 23.8 Å². The summed E-state index contributed by atoms with van der Waals surface area (Å²) in [6, 6.07) is 0. The highest BCUT2D eigenvalue weighted by atomic mass is 16.8. The Morgan fingerprint density at radius 2 is 1.90 bits per heavy atom. The third-order valence-corrected chi connectivity index (χ3v) is 9.06. The Kier molecular flexibility index (Phi) is 3.03. The van der Waals surface area contributed by atoms with Gasteiger partial charge in [-0.15, -0.1) is 0 Å². The summed E-state index contributed by atoms with van der Waals surface area (Å²) in [5.74, 6) is -3.29. The molecule has 6 nitrogen and oxygen atoms in total. The number of fused-ring (bicyclic) bond motifs is 1. The first kappa shape index (κ1) is 18.4. The third-order valence-electron chi connectivity index (χ3n) is 9.06. The quantitative estimate of drug-likeness (QED) is 0.628. The number of aliphatic hydroxyl groups excluding tert-OH is 1. The highest BCUT2D eigenvalue weighted by Crippen LogP contribution is 2.78. The van der Waals surface area contributed by atoms with Gasteiger partial charge in [0.2, 0.25) is 5.79 Å². The molecule has 29 heavy (non-hydrogen) atoms. The van der Waals surface area contributed by atoms with E-state index in [2.05, 4.69) is 6.58 Å². The molecule has 3 heterocycles. The molecule has 3 spiro atoms. The summed E-state index contributed by atoms with van der Waals surface area (Å²) in [6.07, 6.45) is 3.58. The summed E-state index contributed by atoms with van der Waals surface area (Å²) in [6.45, 7) is 11.8. The minimum absolute atomic E-state index is 0.0103. The van der Waals surface area contributed by atoms with Crippen molar-refractivity contribution in [1.82, 2.24) is 0 Å². The number of carbonyl (C=O) groups is 2. The lowest BCUT2D eigenvalue weighted by Crippen LogP contribution is -2.87. The van der Waals surface area contributed by atoms with Crippen LogP contribution in [0.5, 0.6) is 0 Å². The normalized spacial score (nSPS) is 55.6. The molecule has 0 aromatic rings. The van der Waals surface area contributed by atoms with Crippen LogP contribution in [0.15, 0.2) is 24.3 Å². The van der Waals surface area contributed by atoms with Crippen molar-refractivity contribution in [1.29, 1.82) is 0 Å². The van der Waals surface area contributed by atoms with Gasteiger partial charge in [0.25, 0.3) is 0 Å². The number of hydrogen-bond donors (Lipinski definition) is 1. The second-order valence-electron chi connectivity index (χ2n) is 10.9. The van der Waals surface area contributed by atoms with Gasteiger partial charge in [-0.05, 0) is 44.3 Å². The number of aliphatic hydroxyl groups is 1. The van der Waals surface area contributed by atoms with Crippen molar-refractivity contribution in [2.75, 3.05) is 6.61 Å². The van der Waals surface area contributed by atoms with E-state index in [-0.39, 0.29) is 23.4 Å². The van der Waals surface area contributed by atoms with E-state index >= 15 is 0 Å². The highest BCUT2D eigenvalue weighted by Gasteiger charge is 2.89. The van der Waals surface area contributed by atoms with Gasteiger partial charge in [-0.3, -0.25) is 9.59 Å². The fourth-order valence-corrected chi connectivity index (χ4v) is 8.19. The van der Waals surface area contributed by atoms with Gasteiger partial charge < -0.3 is 19.3 Å². The molecule has 0 aromatic heterocycles. The molecule has 1 unspecified atom stereocenters. The predicted molar refractivity (Wildman–Crippen MR) is 101 cm³/mol. The van der Waals surface area contributed by atoms with Crippen molar-refractivity contribution in [2.24, 2.45) is 34.0 Å². The average molecular weight is 400 g/mol. The van der Waals surface area contributed by atoms with Crippen LogP contribution in [0, 0.1) is 34.0 Å². The number of carbonyl (C=O) groups excluding carboxylic acids is 2. The van der Waals surface area contributed by atoms with Crippen LogP contribution < -0.4 is 0 Å². The Morgan fingerprint density at radius 1 is 1.17 bits per heavy atom. The fourth-order valence-electron chi connectivity index (χ4n) is 8.19. The van der Waals surface area contributed by atoms with Gasteiger partial charge in [0.05, 0.1) is 12.7 Å². The van der Waals surface area contributed by atoms with Gasteiger partial charge in [0.15, 0.2) is 17.4 Å². The molecule has 6 fully saturated rings. The van der Waals surface area contributed by atoms with Gasteiger partial charge in [-0.1, -0.05) is 26.5 Å². The van der Waals surface area contributed by atoms with Gasteiger partial charge in [0.1, 0.15) is 11.5 Å². The lowest BCUT2D eigenvalue weighted by molar-refractivity contribution is -0.522. The standard InChI is InChI=1S/C23H28O6/c1-11-12-6-7-13-21-9-8-14(24)19(2,3)15(21)17(26)23(27-10-21)22(13,16(11)25)18(12)28-20(4,5)29-23/h8-9,12-13,15,17-18,26H,1,6-7,10H2,2-5H3/t12-,13-,15+,17-,18+,21+,22-,23?/m0/s1. The number of hydrogen-bond acceptors (Lipinski definition) is 6. The molecule has 0 aromatic carbocycles. The van der Waals surface area contributed by atoms with Crippen molar-refractivity contribution in [3.8, 4) is 0 Å². The van der Waals surface area contributed by atoms with Crippen LogP contribution in [0.3, 0.4) is 0 Å². The lowest BCUT2D eigenvalue weighted by Gasteiger charge is -2.75. The van der Waals surface area contributed by atoms with Crippen LogP contribution in [0.25, 0.3) is 0 Å². The van der Waals surface area contributed by atoms with Crippen LogP contribution in [0.2, 0.25) is 0 Å². The van der Waals surface area contributed by atoms with Crippen LogP contribution in [0.4, 0.5) is 0 Å². The molecule has 3 saturated heterocycles. The first-order chi connectivity index (χ1) is 13.5. The van der Waals surface area contributed by atoms with Gasteiger partial charge in [-0.2, -0.15) is 0 Å². The summed E-state index contributed by atoms with van der Waals surface area (Å²) < 4.78 is 19.2. The highest BCUT2D eigenvalue weighted by molar-refractivity contribution is 6.05. The largest absolute Gasteiger partial charge is 0.387 e. The Bertz CT molecular complexity index is 916. The van der Waals surface area contributed by atoms with Crippen molar-refractivity contribution < 1.29 is 28.9 Å². The number of allylic oxidation sites excluding steroid dienone is 1. The molecule has 1 N–H and O–H groups in total. The van der Waals surface area contributed by atoms with Gasteiger partial charge >= 0.3 is 0 Å². The van der Waals surface area contributed by atoms with Crippen LogP contribution >= 0.6 is 0 Å². The third kappa shape index (κ3) is 1.60. The smallest absolute Gasteiger partial charge is 0.213 e. The van der Waals surface area contributed by atoms with E-state index in [0.717, 1.165) is 12.8 Å². The fraction of sp³-hybridized carbons (Fsp3) is 0.739. The summed E-state index contributed by atoms with van der Waals surface area (Å²) in [5, 5.41) is 11.9. The summed E-state index contributed by atoms with van der Waals surface area (Å²) >= 11 is 0. The maximum Gasteiger partial charge on any atom is 0.213 e. The topological polar surface area (TPSA) is 82.1 Å². The Balaban J connectivity index is 1.69. The molecular formula is C23H28O6. The van der Waals surface area contributed by atoms with E-state index in [9.17, 15) is 14.7 Å². The molecule has 0 radical (unpaired) electrons. The van der Waals surface area contributed by atoms with Crippen molar-refractivity contribution in [2.45, 2.75) is 64.3 Å². The zero-order chi connectivity index (χ0) is 20.8. The number of rotatable bonds is 0. The Hall–Kier alpha value is -1.34. The zero-order valence-electron chi connectivity index (χ0n) is 17.4. The van der Waals surface area contributed by atoms with E-state index in [1.54, 1.807) is 19.9 Å². The van der Waals surface area contributed by atoms with E-state index < -0.39 is 45.9 Å². The first-order valence-electron chi connectivity index (χ1n) is 10.6. The molecule has 3 saturated carbocycles. The zero-order valence-corrected chi connectivity index (χ0v) is 17.4. The Labute approximate surface area is 170 Å². The molecule has 156 valence electrons. The monoisotopic (exact) mass is 400 g/mol. The van der Waals surface area contributed by atoms with Crippen LogP contribution in [0.1, 0.15) is 40.5 Å². The molecule has 4 bridgehead atoms. The first-order valence-corrected chi connectivity index (χ1v) is 10.6. The molecule has 8 atom stereocenters. The van der Waals surface area contributed by atoms with Crippen molar-refractivity contribution in [3.05, 3.63) is 24.3 Å². The maximum absolute atomic E-state index is 13.9. The van der Waals surface area contributed by atoms with Crippen LogP contribution in [-0.4, -0.2) is 47.1 Å². The summed E-state index contributed by atoms with van der Waals surface area (Å²) in [4.78, 5) is 26.7. The second-order valence-corrected chi connectivity index (χ2v) is 10.9. The minimum Gasteiger partial charge on any atom is -0.387 e. The molecular weight excluding hydrogens is 372 g/mol.